The van der Waals surface area contributed by atoms with Gasteiger partial charge in [-0.25, -0.2) is 0 Å². The molecule has 1 nitrogen and oxygen atoms in total. The largest absolute Gasteiger partial charge is 0.381 e. The molecule has 1 aliphatic carbocycles. The van der Waals surface area contributed by atoms with E-state index in [1.54, 1.807) is 0 Å². The van der Waals surface area contributed by atoms with Crippen molar-refractivity contribution < 1.29 is 4.74 Å². The zero-order valence-corrected chi connectivity index (χ0v) is 7.27. The summed E-state index contributed by atoms with van der Waals surface area (Å²) in [5.41, 5.74) is 0.635. The standard InChI is InChI=1S/C10H18O/c1-2-5-10(6-3-1)7-4-8-11-9-10/h1-9H2. The van der Waals surface area contributed by atoms with Crippen molar-refractivity contribution in [3.8, 4) is 0 Å². The highest BCUT2D eigenvalue weighted by Crippen LogP contribution is 2.42. The summed E-state index contributed by atoms with van der Waals surface area (Å²) in [6.45, 7) is 2.08. The van der Waals surface area contributed by atoms with Crippen LogP contribution in [0.15, 0.2) is 0 Å². The minimum absolute atomic E-state index is 0.635. The van der Waals surface area contributed by atoms with Crippen LogP contribution in [0.2, 0.25) is 0 Å². The fourth-order valence-electron chi connectivity index (χ4n) is 2.61. The molecule has 0 radical (unpaired) electrons. The lowest BCUT2D eigenvalue weighted by molar-refractivity contribution is -0.0280. The number of hydrogen-bond donors (Lipinski definition) is 0. The molecule has 0 unspecified atom stereocenters. The van der Waals surface area contributed by atoms with Crippen LogP contribution in [-0.2, 0) is 4.74 Å². The highest BCUT2D eigenvalue weighted by atomic mass is 16.5. The molecule has 0 aromatic carbocycles. The predicted octanol–water partition coefficient (Wildman–Crippen LogP) is 2.75. The summed E-state index contributed by atoms with van der Waals surface area (Å²) in [5.74, 6) is 0. The van der Waals surface area contributed by atoms with Gasteiger partial charge in [0.25, 0.3) is 0 Å². The van der Waals surface area contributed by atoms with E-state index < -0.39 is 0 Å². The molecule has 64 valence electrons. The molecular formula is C10H18O. The first kappa shape index (κ1) is 7.60. The number of ether oxygens (including phenoxy) is 1. The molecule has 2 fully saturated rings. The van der Waals surface area contributed by atoms with Gasteiger partial charge in [-0.2, -0.15) is 0 Å². The summed E-state index contributed by atoms with van der Waals surface area (Å²) in [7, 11) is 0. The molecular weight excluding hydrogens is 136 g/mol. The molecule has 0 aromatic heterocycles. The quantitative estimate of drug-likeness (QED) is 0.521. The molecule has 1 spiro atoms. The van der Waals surface area contributed by atoms with Crippen LogP contribution in [0.4, 0.5) is 0 Å². The zero-order valence-electron chi connectivity index (χ0n) is 7.27. The van der Waals surface area contributed by atoms with Crippen molar-refractivity contribution in [2.24, 2.45) is 5.41 Å². The van der Waals surface area contributed by atoms with Gasteiger partial charge in [-0.3, -0.25) is 0 Å². The minimum Gasteiger partial charge on any atom is -0.381 e. The summed E-state index contributed by atoms with van der Waals surface area (Å²) in [6.07, 6.45) is 9.97. The molecule has 0 bridgehead atoms. The van der Waals surface area contributed by atoms with Crippen LogP contribution >= 0.6 is 0 Å². The monoisotopic (exact) mass is 154 g/mol. The summed E-state index contributed by atoms with van der Waals surface area (Å²) < 4.78 is 5.56. The minimum atomic E-state index is 0.635. The van der Waals surface area contributed by atoms with Crippen LogP contribution in [0.1, 0.15) is 44.9 Å². The van der Waals surface area contributed by atoms with Crippen LogP contribution < -0.4 is 0 Å². The van der Waals surface area contributed by atoms with Gasteiger partial charge in [0.2, 0.25) is 0 Å². The molecule has 11 heavy (non-hydrogen) atoms. The van der Waals surface area contributed by atoms with Crippen molar-refractivity contribution in [2.45, 2.75) is 44.9 Å². The van der Waals surface area contributed by atoms with Crippen molar-refractivity contribution in [3.63, 3.8) is 0 Å². The molecule has 1 aliphatic heterocycles. The van der Waals surface area contributed by atoms with Gasteiger partial charge >= 0.3 is 0 Å². The van der Waals surface area contributed by atoms with E-state index in [0.717, 1.165) is 13.2 Å². The average Bonchev–Trinajstić information content (AvgIpc) is 2.07. The first-order valence-corrected chi connectivity index (χ1v) is 4.99. The first-order chi connectivity index (χ1) is 5.41. The van der Waals surface area contributed by atoms with E-state index in [1.165, 1.54) is 44.9 Å². The van der Waals surface area contributed by atoms with Gasteiger partial charge in [-0.05, 0) is 31.1 Å². The van der Waals surface area contributed by atoms with Crippen molar-refractivity contribution in [3.05, 3.63) is 0 Å². The van der Waals surface area contributed by atoms with Gasteiger partial charge in [-0.15, -0.1) is 0 Å². The Morgan fingerprint density at radius 1 is 0.818 bits per heavy atom. The average molecular weight is 154 g/mol. The molecule has 1 heterocycles. The van der Waals surface area contributed by atoms with Gasteiger partial charge in [-0.1, -0.05) is 19.3 Å². The maximum absolute atomic E-state index is 5.56. The van der Waals surface area contributed by atoms with E-state index in [1.807, 2.05) is 0 Å². The lowest BCUT2D eigenvalue weighted by Crippen LogP contribution is -2.33. The summed E-state index contributed by atoms with van der Waals surface area (Å²) in [6, 6.07) is 0. The Labute approximate surface area is 69.1 Å². The molecule has 0 amide bonds. The molecule has 2 aliphatic rings. The Morgan fingerprint density at radius 2 is 1.55 bits per heavy atom. The Balaban J connectivity index is 1.94. The summed E-state index contributed by atoms with van der Waals surface area (Å²) in [5, 5.41) is 0. The fraction of sp³-hybridized carbons (Fsp3) is 1.00. The normalized spacial score (nSPS) is 30.5. The Kier molecular flexibility index (Phi) is 2.17. The third kappa shape index (κ3) is 1.58. The fourth-order valence-corrected chi connectivity index (χ4v) is 2.61. The maximum atomic E-state index is 5.56. The van der Waals surface area contributed by atoms with Crippen LogP contribution in [0.3, 0.4) is 0 Å². The second kappa shape index (κ2) is 3.14. The van der Waals surface area contributed by atoms with Crippen LogP contribution in [-0.4, -0.2) is 13.2 Å². The van der Waals surface area contributed by atoms with Crippen LogP contribution in [0, 0.1) is 5.41 Å². The SMILES string of the molecule is C1CCC2(CC1)CCCOC2. The molecule has 0 atom stereocenters. The van der Waals surface area contributed by atoms with Crippen LogP contribution in [0.5, 0.6) is 0 Å². The van der Waals surface area contributed by atoms with Gasteiger partial charge in [0.05, 0.1) is 6.61 Å². The van der Waals surface area contributed by atoms with E-state index in [-0.39, 0.29) is 0 Å². The second-order valence-corrected chi connectivity index (χ2v) is 4.22. The van der Waals surface area contributed by atoms with Crippen LogP contribution in [0.25, 0.3) is 0 Å². The van der Waals surface area contributed by atoms with Gasteiger partial charge in [0.1, 0.15) is 0 Å². The Hall–Kier alpha value is -0.0400. The van der Waals surface area contributed by atoms with E-state index in [2.05, 4.69) is 0 Å². The molecule has 1 heteroatoms. The van der Waals surface area contributed by atoms with E-state index in [0.29, 0.717) is 5.41 Å². The predicted molar refractivity (Wildman–Crippen MR) is 45.6 cm³/mol. The maximum Gasteiger partial charge on any atom is 0.0522 e. The highest BCUT2D eigenvalue weighted by Gasteiger charge is 2.33. The van der Waals surface area contributed by atoms with Crippen molar-refractivity contribution in [1.82, 2.24) is 0 Å². The zero-order chi connectivity index (χ0) is 7.57. The Morgan fingerprint density at radius 3 is 2.18 bits per heavy atom. The van der Waals surface area contributed by atoms with E-state index >= 15 is 0 Å². The highest BCUT2D eigenvalue weighted by molar-refractivity contribution is 4.84. The third-order valence-corrected chi connectivity index (χ3v) is 3.32. The van der Waals surface area contributed by atoms with Crippen molar-refractivity contribution in [1.29, 1.82) is 0 Å². The van der Waals surface area contributed by atoms with E-state index in [4.69, 9.17) is 4.74 Å². The molecule has 1 saturated carbocycles. The molecule has 0 N–H and O–H groups in total. The number of rotatable bonds is 0. The molecule has 0 aromatic rings. The van der Waals surface area contributed by atoms with E-state index in [9.17, 15) is 0 Å². The van der Waals surface area contributed by atoms with Crippen molar-refractivity contribution >= 4 is 0 Å². The lowest BCUT2D eigenvalue weighted by Gasteiger charge is -2.40. The molecule has 2 rings (SSSR count). The Bertz CT molecular complexity index is 99.3. The summed E-state index contributed by atoms with van der Waals surface area (Å²) in [4.78, 5) is 0. The first-order valence-electron chi connectivity index (χ1n) is 4.99. The molecule has 1 saturated heterocycles. The van der Waals surface area contributed by atoms with Gasteiger partial charge < -0.3 is 4.74 Å². The smallest absolute Gasteiger partial charge is 0.0522 e. The lowest BCUT2D eigenvalue weighted by atomic mass is 9.71. The number of hydrogen-bond acceptors (Lipinski definition) is 1. The third-order valence-electron chi connectivity index (χ3n) is 3.32. The summed E-state index contributed by atoms with van der Waals surface area (Å²) >= 11 is 0. The topological polar surface area (TPSA) is 9.23 Å². The second-order valence-electron chi connectivity index (χ2n) is 4.22. The van der Waals surface area contributed by atoms with Gasteiger partial charge in [0.15, 0.2) is 0 Å². The van der Waals surface area contributed by atoms with Gasteiger partial charge in [0, 0.05) is 6.61 Å². The van der Waals surface area contributed by atoms with Crippen molar-refractivity contribution in [2.75, 3.05) is 13.2 Å².